The number of amides is 1. The van der Waals surface area contributed by atoms with Crippen LogP contribution in [0.3, 0.4) is 0 Å². The third-order valence-corrected chi connectivity index (χ3v) is 3.67. The summed E-state index contributed by atoms with van der Waals surface area (Å²) in [6.45, 7) is 8.83. The van der Waals surface area contributed by atoms with Gasteiger partial charge in [0.2, 0.25) is 11.8 Å². The van der Waals surface area contributed by atoms with E-state index in [1.165, 1.54) is 0 Å². The second-order valence-corrected chi connectivity index (χ2v) is 6.67. The minimum atomic E-state index is -0.876. The summed E-state index contributed by atoms with van der Waals surface area (Å²) < 4.78 is 10.5. The second kappa shape index (κ2) is 6.93. The van der Waals surface area contributed by atoms with E-state index in [4.69, 9.17) is 15.0 Å². The molecule has 126 valence electrons. The van der Waals surface area contributed by atoms with E-state index < -0.39 is 5.54 Å². The number of ether oxygens (including phenoxy) is 1. The average molecular weight is 333 g/mol. The smallest absolute Gasteiger partial charge is 0.248 e. The lowest BCUT2D eigenvalue weighted by atomic mass is 9.90. The number of nitrogens with zero attached hydrogens (tertiary/aromatic N) is 2. The molecular formula is C14H25ClN4O3. The maximum atomic E-state index is 12.3. The molecule has 8 heteroatoms. The van der Waals surface area contributed by atoms with Crippen molar-refractivity contribution < 1.29 is 14.1 Å². The third kappa shape index (κ3) is 4.18. The lowest BCUT2D eigenvalue weighted by Crippen LogP contribution is -2.57. The molecule has 2 heterocycles. The Balaban J connectivity index is 0.00000242. The summed E-state index contributed by atoms with van der Waals surface area (Å²) in [5.74, 6) is 0.810. The monoisotopic (exact) mass is 332 g/mol. The van der Waals surface area contributed by atoms with Gasteiger partial charge in [0.05, 0.1) is 5.54 Å². The van der Waals surface area contributed by atoms with Crippen molar-refractivity contribution in [3.8, 4) is 0 Å². The molecule has 1 saturated heterocycles. The van der Waals surface area contributed by atoms with Gasteiger partial charge in [-0.3, -0.25) is 4.79 Å². The molecule has 1 unspecified atom stereocenters. The van der Waals surface area contributed by atoms with Gasteiger partial charge in [-0.25, -0.2) is 0 Å². The van der Waals surface area contributed by atoms with Crippen molar-refractivity contribution >= 4 is 18.3 Å². The van der Waals surface area contributed by atoms with Crippen LogP contribution in [0.5, 0.6) is 0 Å². The first kappa shape index (κ1) is 18.9. The Bertz CT molecular complexity index is 506. The van der Waals surface area contributed by atoms with Crippen LogP contribution in [0.1, 0.15) is 58.3 Å². The number of hydrogen-bond acceptors (Lipinski definition) is 6. The maximum Gasteiger partial charge on any atom is 0.248 e. The van der Waals surface area contributed by atoms with Gasteiger partial charge in [0.1, 0.15) is 6.04 Å². The van der Waals surface area contributed by atoms with Gasteiger partial charge in [-0.1, -0.05) is 25.9 Å². The molecule has 1 aromatic heterocycles. The fourth-order valence-corrected chi connectivity index (χ4v) is 2.08. The number of nitrogens with one attached hydrogen (secondary N) is 1. The van der Waals surface area contributed by atoms with Gasteiger partial charge in [-0.2, -0.15) is 4.98 Å². The second-order valence-electron chi connectivity index (χ2n) is 6.67. The van der Waals surface area contributed by atoms with Gasteiger partial charge in [0.15, 0.2) is 5.82 Å². The molecule has 2 rings (SSSR count). The first-order valence-electron chi connectivity index (χ1n) is 7.24. The van der Waals surface area contributed by atoms with Crippen LogP contribution in [0.15, 0.2) is 4.52 Å². The van der Waals surface area contributed by atoms with E-state index in [9.17, 15) is 4.79 Å². The molecule has 1 fully saturated rings. The number of carbonyl (C=O) groups is 1. The molecule has 0 aliphatic carbocycles. The molecular weight excluding hydrogens is 308 g/mol. The molecule has 7 nitrogen and oxygen atoms in total. The molecule has 0 saturated carbocycles. The zero-order valence-electron chi connectivity index (χ0n) is 13.5. The summed E-state index contributed by atoms with van der Waals surface area (Å²) >= 11 is 0. The Morgan fingerprint density at radius 1 is 1.36 bits per heavy atom. The SMILES string of the molecule is CC(NC(=O)C1(N)CCOCC1)c1nc(C(C)(C)C)no1.Cl. The van der Waals surface area contributed by atoms with Crippen LogP contribution in [-0.4, -0.2) is 34.8 Å². The summed E-state index contributed by atoms with van der Waals surface area (Å²) in [7, 11) is 0. The van der Waals surface area contributed by atoms with Crippen molar-refractivity contribution in [2.24, 2.45) is 5.73 Å². The average Bonchev–Trinajstić information content (AvgIpc) is 2.89. The quantitative estimate of drug-likeness (QED) is 0.868. The summed E-state index contributed by atoms with van der Waals surface area (Å²) in [4.78, 5) is 16.7. The Hall–Kier alpha value is -1.18. The zero-order chi connectivity index (χ0) is 15.7. The highest BCUT2D eigenvalue weighted by atomic mass is 35.5. The fraction of sp³-hybridized carbons (Fsp3) is 0.786. The molecule has 0 spiro atoms. The van der Waals surface area contributed by atoms with Gasteiger partial charge in [0, 0.05) is 18.6 Å². The minimum Gasteiger partial charge on any atom is -0.381 e. The highest BCUT2D eigenvalue weighted by Gasteiger charge is 2.37. The first-order valence-corrected chi connectivity index (χ1v) is 7.24. The van der Waals surface area contributed by atoms with E-state index in [1.807, 2.05) is 20.8 Å². The Kier molecular flexibility index (Phi) is 5.95. The largest absolute Gasteiger partial charge is 0.381 e. The molecule has 1 aliphatic heterocycles. The number of hydrogen-bond donors (Lipinski definition) is 2. The van der Waals surface area contributed by atoms with Gasteiger partial charge >= 0.3 is 0 Å². The van der Waals surface area contributed by atoms with Crippen molar-refractivity contribution in [1.29, 1.82) is 0 Å². The topological polar surface area (TPSA) is 103 Å². The lowest BCUT2D eigenvalue weighted by molar-refractivity contribution is -0.130. The van der Waals surface area contributed by atoms with E-state index in [0.29, 0.717) is 37.8 Å². The van der Waals surface area contributed by atoms with Crippen molar-refractivity contribution in [3.05, 3.63) is 11.7 Å². The van der Waals surface area contributed by atoms with Crippen molar-refractivity contribution in [1.82, 2.24) is 15.5 Å². The van der Waals surface area contributed by atoms with Crippen LogP contribution < -0.4 is 11.1 Å². The summed E-state index contributed by atoms with van der Waals surface area (Å²) in [5, 5.41) is 6.81. The molecule has 0 aromatic carbocycles. The molecule has 1 amide bonds. The highest BCUT2D eigenvalue weighted by molar-refractivity contribution is 5.86. The van der Waals surface area contributed by atoms with E-state index >= 15 is 0 Å². The number of carbonyl (C=O) groups excluding carboxylic acids is 1. The predicted molar refractivity (Wildman–Crippen MR) is 83.8 cm³/mol. The molecule has 0 bridgehead atoms. The van der Waals surface area contributed by atoms with Crippen LogP contribution >= 0.6 is 12.4 Å². The normalized spacial score (nSPS) is 19.1. The van der Waals surface area contributed by atoms with Crippen LogP contribution in [0.2, 0.25) is 0 Å². The minimum absolute atomic E-state index is 0. The van der Waals surface area contributed by atoms with Crippen LogP contribution in [0, 0.1) is 0 Å². The van der Waals surface area contributed by atoms with Gasteiger partial charge < -0.3 is 20.3 Å². The number of aromatic nitrogens is 2. The Morgan fingerprint density at radius 2 is 1.95 bits per heavy atom. The summed E-state index contributed by atoms with van der Waals surface area (Å²) in [6.07, 6.45) is 1.03. The summed E-state index contributed by atoms with van der Waals surface area (Å²) in [6, 6.07) is -0.371. The number of rotatable bonds is 3. The van der Waals surface area contributed by atoms with Crippen molar-refractivity contribution in [2.75, 3.05) is 13.2 Å². The third-order valence-electron chi connectivity index (χ3n) is 3.67. The maximum absolute atomic E-state index is 12.3. The molecule has 0 radical (unpaired) electrons. The van der Waals surface area contributed by atoms with E-state index in [0.717, 1.165) is 0 Å². The fourth-order valence-electron chi connectivity index (χ4n) is 2.08. The van der Waals surface area contributed by atoms with Crippen LogP contribution in [-0.2, 0) is 14.9 Å². The van der Waals surface area contributed by atoms with E-state index in [2.05, 4.69) is 15.5 Å². The van der Waals surface area contributed by atoms with E-state index in [1.54, 1.807) is 6.92 Å². The molecule has 22 heavy (non-hydrogen) atoms. The predicted octanol–water partition coefficient (Wildman–Crippen LogP) is 1.47. The molecule has 3 N–H and O–H groups in total. The molecule has 1 atom stereocenters. The zero-order valence-corrected chi connectivity index (χ0v) is 14.3. The highest BCUT2D eigenvalue weighted by Crippen LogP contribution is 2.22. The van der Waals surface area contributed by atoms with Gasteiger partial charge in [-0.15, -0.1) is 12.4 Å². The van der Waals surface area contributed by atoms with E-state index in [-0.39, 0.29) is 29.8 Å². The Labute approximate surface area is 136 Å². The lowest BCUT2D eigenvalue weighted by Gasteiger charge is -2.32. The molecule has 1 aromatic rings. The Morgan fingerprint density at radius 3 is 2.45 bits per heavy atom. The van der Waals surface area contributed by atoms with Crippen molar-refractivity contribution in [2.45, 2.75) is 57.5 Å². The first-order chi connectivity index (χ1) is 9.72. The number of halogens is 1. The van der Waals surface area contributed by atoms with Gasteiger partial charge in [0.25, 0.3) is 0 Å². The van der Waals surface area contributed by atoms with Crippen molar-refractivity contribution in [3.63, 3.8) is 0 Å². The van der Waals surface area contributed by atoms with Crippen LogP contribution in [0.25, 0.3) is 0 Å². The standard InChI is InChI=1S/C14H24N4O3.ClH/c1-9(10-17-11(18-21-10)13(2,3)4)16-12(19)14(15)5-7-20-8-6-14;/h9H,5-8,15H2,1-4H3,(H,16,19);1H. The van der Waals surface area contributed by atoms with Gasteiger partial charge in [-0.05, 0) is 19.8 Å². The summed E-state index contributed by atoms with van der Waals surface area (Å²) in [5.41, 5.74) is 5.08. The van der Waals surface area contributed by atoms with Crippen LogP contribution in [0.4, 0.5) is 0 Å². The number of nitrogens with two attached hydrogens (primary N) is 1. The molecule has 1 aliphatic rings.